The molecule has 0 fully saturated rings. The number of hydrogen-bond acceptors (Lipinski definition) is 3. The number of ketones is 1. The van der Waals surface area contributed by atoms with Crippen LogP contribution < -0.4 is 0 Å². The molecule has 1 aromatic heterocycles. The van der Waals surface area contributed by atoms with Gasteiger partial charge in [0.05, 0.1) is 0 Å². The zero-order valence-corrected chi connectivity index (χ0v) is 9.05. The van der Waals surface area contributed by atoms with Crippen LogP contribution in [-0.2, 0) is 18.3 Å². The van der Waals surface area contributed by atoms with Crippen molar-refractivity contribution >= 4 is 12.0 Å². The van der Waals surface area contributed by atoms with Crippen LogP contribution in [-0.4, -0.2) is 21.5 Å². The van der Waals surface area contributed by atoms with Crippen molar-refractivity contribution in [2.75, 3.05) is 0 Å². The smallest absolute Gasteiger partial charge is 0.162 e. The lowest BCUT2D eigenvalue weighted by Gasteiger charge is -1.92. The third-order valence-corrected chi connectivity index (χ3v) is 1.98. The molecular formula is C11H15N3O. The van der Waals surface area contributed by atoms with Gasteiger partial charge < -0.3 is 4.57 Å². The molecule has 0 amide bonds. The first-order valence-electron chi connectivity index (χ1n) is 4.91. The van der Waals surface area contributed by atoms with E-state index in [0.29, 0.717) is 6.42 Å². The Morgan fingerprint density at radius 2 is 2.33 bits per heavy atom. The van der Waals surface area contributed by atoms with Crippen molar-refractivity contribution in [3.63, 3.8) is 0 Å². The van der Waals surface area contributed by atoms with E-state index in [1.165, 1.54) is 12.3 Å². The highest BCUT2D eigenvalue weighted by Crippen LogP contribution is 1.92. The summed E-state index contributed by atoms with van der Waals surface area (Å²) in [6.45, 7) is 2.10. The Labute approximate surface area is 89.4 Å². The predicted octanol–water partition coefficient (Wildman–Crippen LogP) is 1.53. The normalized spacial score (nSPS) is 13.6. The number of hydrogen-bond donors (Lipinski definition) is 0. The molecule has 1 aromatic rings. The van der Waals surface area contributed by atoms with Gasteiger partial charge in [-0.1, -0.05) is 6.92 Å². The molecule has 4 nitrogen and oxygen atoms in total. The molecule has 80 valence electrons. The quantitative estimate of drug-likeness (QED) is 0.698. The van der Waals surface area contributed by atoms with E-state index in [-0.39, 0.29) is 5.78 Å². The predicted molar refractivity (Wildman–Crippen MR) is 59.8 cm³/mol. The highest BCUT2D eigenvalue weighted by atomic mass is 16.1. The van der Waals surface area contributed by atoms with Gasteiger partial charge in [0, 0.05) is 44.7 Å². The number of aryl methyl sites for hydroxylation is 2. The number of aliphatic imine (C=N–C) groups is 1. The summed E-state index contributed by atoms with van der Waals surface area (Å²) in [7, 11) is 2.01. The van der Waals surface area contributed by atoms with Crippen LogP contribution in [0.2, 0.25) is 0 Å². The minimum Gasteiger partial charge on any atom is -0.338 e. The van der Waals surface area contributed by atoms with Gasteiger partial charge in [-0.25, -0.2) is 4.98 Å². The summed E-state index contributed by atoms with van der Waals surface area (Å²) in [6, 6.07) is 0. The van der Waals surface area contributed by atoms with Crippen LogP contribution in [0.15, 0.2) is 29.7 Å². The second kappa shape index (κ2) is 5.90. The molecule has 2 heterocycles. The topological polar surface area (TPSA) is 47.2 Å². The summed E-state index contributed by atoms with van der Waals surface area (Å²) in [6.07, 6.45) is 9.84. The number of nitrogens with zero attached hydrogens (tertiary/aromatic N) is 3. The first kappa shape index (κ1) is 11.4. The lowest BCUT2D eigenvalue weighted by Crippen LogP contribution is -1.95. The largest absolute Gasteiger partial charge is 0.338 e. The van der Waals surface area contributed by atoms with Gasteiger partial charge in [0.25, 0.3) is 0 Å². The number of carbonyl (C=O) groups is 1. The molecule has 0 radical (unpaired) electrons. The van der Waals surface area contributed by atoms with Crippen LogP contribution in [0.4, 0.5) is 0 Å². The molecule has 2 rings (SSSR count). The summed E-state index contributed by atoms with van der Waals surface area (Å²) in [4.78, 5) is 18.1. The Balaban J connectivity index is 0.000000151. The van der Waals surface area contributed by atoms with Gasteiger partial charge in [-0.2, -0.15) is 0 Å². The second-order valence-corrected chi connectivity index (χ2v) is 3.13. The molecule has 15 heavy (non-hydrogen) atoms. The Bertz CT molecular complexity index is 377. The Hall–Kier alpha value is -1.71. The first-order valence-corrected chi connectivity index (χ1v) is 4.91. The Morgan fingerprint density at radius 3 is 2.60 bits per heavy atom. The maximum Gasteiger partial charge on any atom is 0.162 e. The molecule has 0 saturated carbocycles. The summed E-state index contributed by atoms with van der Waals surface area (Å²) >= 11 is 0. The SMILES string of the molecule is CCc1nccn1C.O=C1C=CN=CC1. The lowest BCUT2D eigenvalue weighted by molar-refractivity contribution is -0.113. The van der Waals surface area contributed by atoms with Crippen molar-refractivity contribution in [3.05, 3.63) is 30.5 Å². The van der Waals surface area contributed by atoms with E-state index in [9.17, 15) is 4.79 Å². The zero-order valence-electron chi connectivity index (χ0n) is 9.05. The summed E-state index contributed by atoms with van der Waals surface area (Å²) in [5, 5.41) is 0. The molecule has 0 bridgehead atoms. The van der Waals surface area contributed by atoms with Gasteiger partial charge in [0.15, 0.2) is 5.78 Å². The van der Waals surface area contributed by atoms with Crippen molar-refractivity contribution in [2.45, 2.75) is 19.8 Å². The number of aromatic nitrogens is 2. The maximum atomic E-state index is 10.3. The van der Waals surface area contributed by atoms with E-state index in [1.807, 2.05) is 24.0 Å². The third kappa shape index (κ3) is 3.89. The van der Waals surface area contributed by atoms with Crippen LogP contribution in [0.25, 0.3) is 0 Å². The molecule has 1 aliphatic rings. The highest BCUT2D eigenvalue weighted by molar-refractivity contribution is 6.00. The lowest BCUT2D eigenvalue weighted by atomic mass is 10.3. The zero-order chi connectivity index (χ0) is 11.1. The van der Waals surface area contributed by atoms with Crippen molar-refractivity contribution in [1.29, 1.82) is 0 Å². The summed E-state index contributed by atoms with van der Waals surface area (Å²) < 4.78 is 2.03. The van der Waals surface area contributed by atoms with Crippen LogP contribution >= 0.6 is 0 Å². The van der Waals surface area contributed by atoms with Crippen LogP contribution in [0, 0.1) is 0 Å². The summed E-state index contributed by atoms with van der Waals surface area (Å²) in [5.74, 6) is 1.28. The van der Waals surface area contributed by atoms with E-state index in [2.05, 4.69) is 16.9 Å². The molecular weight excluding hydrogens is 190 g/mol. The molecule has 0 atom stereocenters. The fraction of sp³-hybridized carbons (Fsp3) is 0.364. The van der Waals surface area contributed by atoms with E-state index in [0.717, 1.165) is 12.2 Å². The molecule has 1 aliphatic heterocycles. The molecule has 0 spiro atoms. The van der Waals surface area contributed by atoms with Gasteiger partial charge in [0.2, 0.25) is 0 Å². The van der Waals surface area contributed by atoms with E-state index >= 15 is 0 Å². The van der Waals surface area contributed by atoms with E-state index < -0.39 is 0 Å². The van der Waals surface area contributed by atoms with Gasteiger partial charge in [0.1, 0.15) is 5.82 Å². The minimum atomic E-state index is 0.134. The van der Waals surface area contributed by atoms with Crippen molar-refractivity contribution in [2.24, 2.45) is 12.0 Å². The molecule has 0 unspecified atom stereocenters. The number of rotatable bonds is 1. The number of imidazole rings is 1. The average Bonchev–Trinajstić information content (AvgIpc) is 2.66. The molecule has 4 heteroatoms. The van der Waals surface area contributed by atoms with Crippen LogP contribution in [0.3, 0.4) is 0 Å². The Kier molecular flexibility index (Phi) is 4.47. The second-order valence-electron chi connectivity index (χ2n) is 3.13. The number of allylic oxidation sites excluding steroid dienone is 1. The fourth-order valence-electron chi connectivity index (χ4n) is 1.13. The van der Waals surface area contributed by atoms with Gasteiger partial charge >= 0.3 is 0 Å². The number of carbonyl (C=O) groups excluding carboxylic acids is 1. The molecule has 0 N–H and O–H groups in total. The van der Waals surface area contributed by atoms with Crippen LogP contribution in [0.5, 0.6) is 0 Å². The maximum absolute atomic E-state index is 10.3. The van der Waals surface area contributed by atoms with Gasteiger partial charge in [-0.05, 0) is 6.08 Å². The first-order chi connectivity index (χ1) is 7.24. The Morgan fingerprint density at radius 1 is 1.53 bits per heavy atom. The van der Waals surface area contributed by atoms with Gasteiger partial charge in [-0.3, -0.25) is 9.79 Å². The standard InChI is InChI=1S/C6H10N2.C5H5NO/c1-3-6-7-4-5-8(6)2;7-5-1-3-6-4-2-5/h4-5H,3H2,1-2H3;1,3-4H,2H2. The average molecular weight is 205 g/mol. The molecule has 0 saturated heterocycles. The van der Waals surface area contributed by atoms with Crippen molar-refractivity contribution in [3.8, 4) is 0 Å². The van der Waals surface area contributed by atoms with E-state index in [1.54, 1.807) is 6.21 Å². The third-order valence-electron chi connectivity index (χ3n) is 1.98. The van der Waals surface area contributed by atoms with Gasteiger partial charge in [-0.15, -0.1) is 0 Å². The summed E-state index contributed by atoms with van der Waals surface area (Å²) in [5.41, 5.74) is 0. The van der Waals surface area contributed by atoms with Crippen molar-refractivity contribution in [1.82, 2.24) is 9.55 Å². The molecule has 0 aromatic carbocycles. The molecule has 0 aliphatic carbocycles. The van der Waals surface area contributed by atoms with E-state index in [4.69, 9.17) is 0 Å². The fourth-order valence-corrected chi connectivity index (χ4v) is 1.13. The van der Waals surface area contributed by atoms with Crippen molar-refractivity contribution < 1.29 is 4.79 Å². The van der Waals surface area contributed by atoms with Crippen LogP contribution in [0.1, 0.15) is 19.2 Å². The highest BCUT2D eigenvalue weighted by Gasteiger charge is 1.93. The monoisotopic (exact) mass is 205 g/mol. The minimum absolute atomic E-state index is 0.134.